The van der Waals surface area contributed by atoms with Crippen LogP contribution < -0.4 is 15.4 Å². The minimum absolute atomic E-state index is 0.0135. The van der Waals surface area contributed by atoms with Crippen molar-refractivity contribution in [1.29, 1.82) is 0 Å². The number of benzene rings is 2. The molecule has 28 heavy (non-hydrogen) atoms. The molecule has 0 saturated carbocycles. The van der Waals surface area contributed by atoms with Crippen LogP contribution in [0.2, 0.25) is 0 Å². The fraction of sp³-hybridized carbons (Fsp3) is 0.0556. The molecule has 3 N–H and O–H groups in total. The van der Waals surface area contributed by atoms with Gasteiger partial charge in [0.1, 0.15) is 5.82 Å². The van der Waals surface area contributed by atoms with Gasteiger partial charge in [0.15, 0.2) is 5.11 Å². The Morgan fingerprint density at radius 1 is 1.00 bits per heavy atom. The van der Waals surface area contributed by atoms with Crippen molar-refractivity contribution in [2.24, 2.45) is 0 Å². The largest absolute Gasteiger partial charge is 0.332 e. The van der Waals surface area contributed by atoms with E-state index < -0.39 is 10.0 Å². The summed E-state index contributed by atoms with van der Waals surface area (Å²) >= 11 is 5.20. The molecule has 3 aromatic rings. The van der Waals surface area contributed by atoms with Gasteiger partial charge in [0.05, 0.1) is 4.90 Å². The van der Waals surface area contributed by atoms with Crippen LogP contribution in [-0.2, 0) is 10.0 Å². The topological polar surface area (TPSA) is 96.0 Å². The molecule has 2 aromatic carbocycles. The van der Waals surface area contributed by atoms with E-state index in [4.69, 9.17) is 12.2 Å². The smallest absolute Gasteiger partial charge is 0.264 e. The summed E-state index contributed by atoms with van der Waals surface area (Å²) in [5.41, 5.74) is 1.61. The van der Waals surface area contributed by atoms with Gasteiger partial charge in [-0.05, 0) is 67.2 Å². The molecule has 0 unspecified atom stereocenters. The first-order valence-electron chi connectivity index (χ1n) is 8.07. The second-order valence-corrected chi connectivity index (χ2v) is 7.84. The van der Waals surface area contributed by atoms with Gasteiger partial charge in [-0.3, -0.25) is 0 Å². The Kier molecular flexibility index (Phi) is 5.81. The highest BCUT2D eigenvalue weighted by Crippen LogP contribution is 2.17. The number of halogens is 1. The third-order valence-corrected chi connectivity index (χ3v) is 5.19. The van der Waals surface area contributed by atoms with Crippen LogP contribution in [0.3, 0.4) is 0 Å². The third kappa shape index (κ3) is 4.99. The summed E-state index contributed by atoms with van der Waals surface area (Å²) in [5.74, 6) is -0.349. The molecular formula is C18H16FN5O2S2. The van der Waals surface area contributed by atoms with Gasteiger partial charge < -0.3 is 10.6 Å². The molecule has 0 bridgehead atoms. The molecule has 0 radical (unpaired) electrons. The zero-order valence-corrected chi connectivity index (χ0v) is 16.3. The summed E-state index contributed by atoms with van der Waals surface area (Å²) in [4.78, 5) is 7.71. The number of anilines is 3. The maximum atomic E-state index is 13.6. The lowest BCUT2D eigenvalue weighted by molar-refractivity contribution is 0.601. The summed E-state index contributed by atoms with van der Waals surface area (Å²) in [6.45, 7) is 1.67. The first kappa shape index (κ1) is 19.6. The van der Waals surface area contributed by atoms with Crippen molar-refractivity contribution in [2.75, 3.05) is 15.4 Å². The number of nitrogens with one attached hydrogen (secondary N) is 3. The Morgan fingerprint density at radius 2 is 1.61 bits per heavy atom. The molecule has 0 aliphatic carbocycles. The van der Waals surface area contributed by atoms with Gasteiger partial charge in [-0.1, -0.05) is 6.07 Å². The zero-order valence-electron chi connectivity index (χ0n) is 14.7. The van der Waals surface area contributed by atoms with Gasteiger partial charge in [-0.2, -0.15) is 0 Å². The fourth-order valence-electron chi connectivity index (χ4n) is 2.21. The number of thiocarbonyl (C=S) groups is 1. The third-order valence-electron chi connectivity index (χ3n) is 3.64. The Labute approximate surface area is 167 Å². The van der Waals surface area contributed by atoms with Crippen molar-refractivity contribution in [3.05, 3.63) is 72.3 Å². The van der Waals surface area contributed by atoms with Crippen LogP contribution in [0, 0.1) is 12.7 Å². The van der Waals surface area contributed by atoms with Crippen molar-refractivity contribution in [2.45, 2.75) is 11.8 Å². The second kappa shape index (κ2) is 8.28. The number of sulfonamides is 1. The molecule has 7 nitrogen and oxygen atoms in total. The van der Waals surface area contributed by atoms with Crippen LogP contribution in [0.4, 0.5) is 21.7 Å². The quantitative estimate of drug-likeness (QED) is 0.547. The van der Waals surface area contributed by atoms with Crippen LogP contribution in [0.5, 0.6) is 0 Å². The van der Waals surface area contributed by atoms with E-state index in [1.54, 1.807) is 37.3 Å². The van der Waals surface area contributed by atoms with Gasteiger partial charge in [0.2, 0.25) is 5.95 Å². The van der Waals surface area contributed by atoms with Gasteiger partial charge in [0, 0.05) is 23.8 Å². The lowest BCUT2D eigenvalue weighted by atomic mass is 10.2. The minimum atomic E-state index is -3.81. The predicted octanol–water partition coefficient (Wildman–Crippen LogP) is 3.53. The van der Waals surface area contributed by atoms with Crippen LogP contribution in [-0.4, -0.2) is 23.5 Å². The standard InChI is InChI=1S/C18H16FN5O2S2/c1-12-3-4-14(11-16(12)19)23-18(27)22-13-5-7-15(8-6-13)28(25,26)24-17-20-9-2-10-21-17/h2-11H,1H3,(H,20,21,24)(H2,22,23,27). The molecule has 144 valence electrons. The summed E-state index contributed by atoms with van der Waals surface area (Å²) in [6.07, 6.45) is 2.87. The highest BCUT2D eigenvalue weighted by Gasteiger charge is 2.15. The molecule has 0 aliphatic heterocycles. The van der Waals surface area contributed by atoms with Gasteiger partial charge in [-0.25, -0.2) is 27.5 Å². The molecule has 3 rings (SSSR count). The van der Waals surface area contributed by atoms with E-state index in [1.165, 1.54) is 30.6 Å². The molecule has 1 aromatic heterocycles. The fourth-order valence-corrected chi connectivity index (χ4v) is 3.41. The van der Waals surface area contributed by atoms with E-state index in [0.29, 0.717) is 16.9 Å². The highest BCUT2D eigenvalue weighted by atomic mass is 32.2. The maximum absolute atomic E-state index is 13.6. The summed E-state index contributed by atoms with van der Waals surface area (Å²) in [5, 5.41) is 6.03. The lowest BCUT2D eigenvalue weighted by Gasteiger charge is -2.12. The van der Waals surface area contributed by atoms with Crippen LogP contribution >= 0.6 is 12.2 Å². The molecular weight excluding hydrogens is 401 g/mol. The summed E-state index contributed by atoms with van der Waals surface area (Å²) in [7, 11) is -3.81. The number of rotatable bonds is 5. The van der Waals surface area contributed by atoms with Gasteiger partial charge >= 0.3 is 0 Å². The Hall–Kier alpha value is -3.11. The Bertz CT molecular complexity index is 1090. The molecule has 0 saturated heterocycles. The molecule has 0 amide bonds. The molecule has 10 heteroatoms. The second-order valence-electron chi connectivity index (χ2n) is 5.75. The normalized spacial score (nSPS) is 10.9. The Morgan fingerprint density at radius 3 is 2.25 bits per heavy atom. The Balaban J connectivity index is 1.65. The lowest BCUT2D eigenvalue weighted by Crippen LogP contribution is -2.19. The molecule has 0 fully saturated rings. The monoisotopic (exact) mass is 417 g/mol. The number of hydrogen-bond donors (Lipinski definition) is 3. The van der Waals surface area contributed by atoms with E-state index in [9.17, 15) is 12.8 Å². The van der Waals surface area contributed by atoms with E-state index in [0.717, 1.165) is 0 Å². The van der Waals surface area contributed by atoms with Crippen LogP contribution in [0.15, 0.2) is 65.8 Å². The predicted molar refractivity (Wildman–Crippen MR) is 110 cm³/mol. The van der Waals surface area contributed by atoms with E-state index >= 15 is 0 Å². The molecule has 0 spiro atoms. The van der Waals surface area contributed by atoms with Crippen molar-refractivity contribution < 1.29 is 12.8 Å². The number of aromatic nitrogens is 2. The van der Waals surface area contributed by atoms with E-state index in [2.05, 4.69) is 25.3 Å². The summed E-state index contributed by atoms with van der Waals surface area (Å²) in [6, 6.07) is 12.2. The first-order chi connectivity index (χ1) is 13.3. The van der Waals surface area contributed by atoms with Crippen molar-refractivity contribution in [3.8, 4) is 0 Å². The van der Waals surface area contributed by atoms with Gasteiger partial charge in [0.25, 0.3) is 10.0 Å². The molecule has 1 heterocycles. The van der Waals surface area contributed by atoms with E-state index in [1.807, 2.05) is 0 Å². The average molecular weight is 417 g/mol. The summed E-state index contributed by atoms with van der Waals surface area (Å²) < 4.78 is 40.6. The first-order valence-corrected chi connectivity index (χ1v) is 9.97. The van der Waals surface area contributed by atoms with Gasteiger partial charge in [-0.15, -0.1) is 0 Å². The van der Waals surface area contributed by atoms with Crippen molar-refractivity contribution in [3.63, 3.8) is 0 Å². The van der Waals surface area contributed by atoms with Crippen LogP contribution in [0.1, 0.15) is 5.56 Å². The highest BCUT2D eigenvalue weighted by molar-refractivity contribution is 7.92. The van der Waals surface area contributed by atoms with Crippen LogP contribution in [0.25, 0.3) is 0 Å². The SMILES string of the molecule is Cc1ccc(NC(=S)Nc2ccc(S(=O)(=O)Nc3ncccn3)cc2)cc1F. The number of nitrogens with zero attached hydrogens (tertiary/aromatic N) is 2. The number of aryl methyl sites for hydroxylation is 1. The molecule has 0 atom stereocenters. The number of hydrogen-bond acceptors (Lipinski definition) is 5. The molecule has 0 aliphatic rings. The maximum Gasteiger partial charge on any atom is 0.264 e. The van der Waals surface area contributed by atoms with Crippen molar-refractivity contribution >= 4 is 44.7 Å². The zero-order chi connectivity index (χ0) is 20.1. The average Bonchev–Trinajstić information content (AvgIpc) is 2.65. The van der Waals surface area contributed by atoms with Crippen molar-refractivity contribution in [1.82, 2.24) is 9.97 Å². The minimum Gasteiger partial charge on any atom is -0.332 e. The van der Waals surface area contributed by atoms with E-state index in [-0.39, 0.29) is 21.8 Å².